The molecule has 0 nitrogen and oxygen atoms in total. The predicted molar refractivity (Wildman–Crippen MR) is 71.5 cm³/mol. The van der Waals surface area contributed by atoms with Gasteiger partial charge in [-0.25, -0.2) is 0 Å². The highest BCUT2D eigenvalue weighted by molar-refractivity contribution is 5.12. The second-order valence-corrected chi connectivity index (χ2v) is 6.45. The Kier molecular flexibility index (Phi) is 3.77. The molecule has 0 radical (unpaired) electrons. The van der Waals surface area contributed by atoms with Gasteiger partial charge in [0.05, 0.1) is 0 Å². The molecular weight excluding hydrogens is 192 g/mol. The van der Waals surface area contributed by atoms with E-state index in [9.17, 15) is 0 Å². The van der Waals surface area contributed by atoms with Gasteiger partial charge < -0.3 is 0 Å². The molecule has 0 amide bonds. The van der Waals surface area contributed by atoms with Crippen LogP contribution in [0.4, 0.5) is 0 Å². The van der Waals surface area contributed by atoms with Crippen molar-refractivity contribution in [2.24, 2.45) is 17.3 Å². The molecule has 2 aliphatic rings. The molecule has 0 heterocycles. The second kappa shape index (κ2) is 4.94. The third-order valence-electron chi connectivity index (χ3n) is 5.39. The van der Waals surface area contributed by atoms with E-state index in [1.165, 1.54) is 63.4 Å². The minimum Gasteiger partial charge on any atom is -0.0996 e. The van der Waals surface area contributed by atoms with E-state index in [0.717, 1.165) is 11.8 Å². The highest BCUT2D eigenvalue weighted by atomic mass is 14.5. The summed E-state index contributed by atoms with van der Waals surface area (Å²) in [4.78, 5) is 0. The Balaban J connectivity index is 2.09. The maximum Gasteiger partial charge on any atom is -0.00653 e. The Labute approximate surface area is 102 Å². The van der Waals surface area contributed by atoms with Crippen molar-refractivity contribution in [3.63, 3.8) is 0 Å². The number of rotatable bonds is 2. The molecule has 2 saturated carbocycles. The van der Waals surface area contributed by atoms with Crippen molar-refractivity contribution >= 4 is 0 Å². The molecule has 0 atom stereocenters. The van der Waals surface area contributed by atoms with Crippen molar-refractivity contribution < 1.29 is 0 Å². The molecule has 0 aliphatic heterocycles. The molecule has 2 aliphatic carbocycles. The SMILES string of the molecule is C=C(C)C1(C2CCC(C)CC2)CCCCC1. The molecule has 0 aromatic heterocycles. The van der Waals surface area contributed by atoms with Gasteiger partial charge in [-0.05, 0) is 49.9 Å². The van der Waals surface area contributed by atoms with Crippen molar-refractivity contribution in [1.82, 2.24) is 0 Å². The van der Waals surface area contributed by atoms with Crippen molar-refractivity contribution in [2.45, 2.75) is 71.6 Å². The van der Waals surface area contributed by atoms with Gasteiger partial charge >= 0.3 is 0 Å². The minimum atomic E-state index is 0.540. The van der Waals surface area contributed by atoms with Gasteiger partial charge in [-0.2, -0.15) is 0 Å². The van der Waals surface area contributed by atoms with Gasteiger partial charge in [0.15, 0.2) is 0 Å². The van der Waals surface area contributed by atoms with Crippen molar-refractivity contribution in [3.8, 4) is 0 Å². The molecule has 0 aromatic carbocycles. The molecule has 2 rings (SSSR count). The summed E-state index contributed by atoms with van der Waals surface area (Å²) in [7, 11) is 0. The van der Waals surface area contributed by atoms with Crippen LogP contribution >= 0.6 is 0 Å². The fraction of sp³-hybridized carbons (Fsp3) is 0.875. The third kappa shape index (κ3) is 2.21. The monoisotopic (exact) mass is 220 g/mol. The van der Waals surface area contributed by atoms with Gasteiger partial charge in [-0.1, -0.05) is 51.2 Å². The van der Waals surface area contributed by atoms with E-state index in [1.807, 2.05) is 0 Å². The summed E-state index contributed by atoms with van der Waals surface area (Å²) in [6.45, 7) is 9.06. The number of allylic oxidation sites excluding steroid dienone is 1. The molecule has 0 aromatic rings. The summed E-state index contributed by atoms with van der Waals surface area (Å²) in [5, 5.41) is 0. The highest BCUT2D eigenvalue weighted by Crippen LogP contribution is 2.52. The van der Waals surface area contributed by atoms with Crippen LogP contribution in [0.5, 0.6) is 0 Å². The summed E-state index contributed by atoms with van der Waals surface area (Å²) >= 11 is 0. The van der Waals surface area contributed by atoms with Crippen LogP contribution in [0, 0.1) is 17.3 Å². The third-order valence-corrected chi connectivity index (χ3v) is 5.39. The first kappa shape index (κ1) is 12.2. The van der Waals surface area contributed by atoms with Gasteiger partial charge in [0.2, 0.25) is 0 Å². The number of hydrogen-bond acceptors (Lipinski definition) is 0. The standard InChI is InChI=1S/C16H28/c1-13(2)16(11-5-4-6-12-16)15-9-7-14(3)8-10-15/h14-15H,1,4-12H2,2-3H3. The van der Waals surface area contributed by atoms with Crippen LogP contribution < -0.4 is 0 Å². The van der Waals surface area contributed by atoms with Crippen LogP contribution in [0.25, 0.3) is 0 Å². The van der Waals surface area contributed by atoms with E-state index in [0.29, 0.717) is 5.41 Å². The van der Waals surface area contributed by atoms with E-state index in [2.05, 4.69) is 20.4 Å². The summed E-state index contributed by atoms with van der Waals surface area (Å²) in [6, 6.07) is 0. The zero-order valence-electron chi connectivity index (χ0n) is 11.2. The lowest BCUT2D eigenvalue weighted by Gasteiger charge is -2.47. The van der Waals surface area contributed by atoms with Crippen LogP contribution in [-0.2, 0) is 0 Å². The summed E-state index contributed by atoms with van der Waals surface area (Å²) < 4.78 is 0. The van der Waals surface area contributed by atoms with Gasteiger partial charge in [0.25, 0.3) is 0 Å². The largest absolute Gasteiger partial charge is 0.0996 e. The molecule has 16 heavy (non-hydrogen) atoms. The molecule has 0 saturated heterocycles. The Morgan fingerprint density at radius 2 is 1.56 bits per heavy atom. The first-order valence-electron chi connectivity index (χ1n) is 7.31. The molecule has 0 spiro atoms. The topological polar surface area (TPSA) is 0 Å². The zero-order valence-corrected chi connectivity index (χ0v) is 11.2. The predicted octanol–water partition coefficient (Wildman–Crippen LogP) is 5.34. The molecule has 92 valence electrons. The van der Waals surface area contributed by atoms with Crippen LogP contribution in [0.2, 0.25) is 0 Å². The smallest absolute Gasteiger partial charge is 0.00653 e. The lowest BCUT2D eigenvalue weighted by Crippen LogP contribution is -2.36. The molecule has 0 heteroatoms. The Bertz CT molecular complexity index is 237. The Morgan fingerprint density at radius 1 is 1.00 bits per heavy atom. The summed E-state index contributed by atoms with van der Waals surface area (Å²) in [5.41, 5.74) is 2.03. The average molecular weight is 220 g/mol. The fourth-order valence-electron chi connectivity index (χ4n) is 4.18. The van der Waals surface area contributed by atoms with Crippen LogP contribution in [0.1, 0.15) is 71.6 Å². The molecule has 0 bridgehead atoms. The second-order valence-electron chi connectivity index (χ2n) is 6.45. The summed E-state index contributed by atoms with van der Waals surface area (Å²) in [5.74, 6) is 1.93. The first-order chi connectivity index (χ1) is 7.65. The van der Waals surface area contributed by atoms with Gasteiger partial charge in [-0.3, -0.25) is 0 Å². The molecule has 2 fully saturated rings. The van der Waals surface area contributed by atoms with Gasteiger partial charge in [0, 0.05) is 0 Å². The van der Waals surface area contributed by atoms with E-state index in [4.69, 9.17) is 0 Å². The maximum absolute atomic E-state index is 4.35. The quantitative estimate of drug-likeness (QED) is 0.551. The van der Waals surface area contributed by atoms with Crippen molar-refractivity contribution in [1.29, 1.82) is 0 Å². The van der Waals surface area contributed by atoms with Gasteiger partial charge in [-0.15, -0.1) is 0 Å². The average Bonchev–Trinajstić information content (AvgIpc) is 2.30. The lowest BCUT2D eigenvalue weighted by molar-refractivity contribution is 0.0932. The van der Waals surface area contributed by atoms with Crippen LogP contribution in [0.3, 0.4) is 0 Å². The lowest BCUT2D eigenvalue weighted by atomic mass is 9.58. The molecule has 0 unspecified atom stereocenters. The van der Waals surface area contributed by atoms with Crippen molar-refractivity contribution in [3.05, 3.63) is 12.2 Å². The van der Waals surface area contributed by atoms with Crippen LogP contribution in [0.15, 0.2) is 12.2 Å². The van der Waals surface area contributed by atoms with E-state index >= 15 is 0 Å². The normalized spacial score (nSPS) is 34.6. The Morgan fingerprint density at radius 3 is 2.06 bits per heavy atom. The summed E-state index contributed by atoms with van der Waals surface area (Å²) in [6.07, 6.45) is 13.1. The van der Waals surface area contributed by atoms with Crippen molar-refractivity contribution in [2.75, 3.05) is 0 Å². The molecule has 0 N–H and O–H groups in total. The van der Waals surface area contributed by atoms with E-state index in [-0.39, 0.29) is 0 Å². The van der Waals surface area contributed by atoms with Crippen LogP contribution in [-0.4, -0.2) is 0 Å². The number of hydrogen-bond donors (Lipinski definition) is 0. The fourth-order valence-corrected chi connectivity index (χ4v) is 4.18. The highest BCUT2D eigenvalue weighted by Gasteiger charge is 2.41. The minimum absolute atomic E-state index is 0.540. The zero-order chi connectivity index (χ0) is 11.6. The molecular formula is C16H28. The maximum atomic E-state index is 4.35. The van der Waals surface area contributed by atoms with E-state index in [1.54, 1.807) is 0 Å². The first-order valence-corrected chi connectivity index (χ1v) is 7.31. The van der Waals surface area contributed by atoms with E-state index < -0.39 is 0 Å². The van der Waals surface area contributed by atoms with Gasteiger partial charge in [0.1, 0.15) is 0 Å². The Hall–Kier alpha value is -0.260.